The zero-order chi connectivity index (χ0) is 14.3. The number of benzene rings is 1. The zero-order valence-corrected chi connectivity index (χ0v) is 12.2. The maximum absolute atomic E-state index is 10.00. The number of hydrogen-bond acceptors (Lipinski definition) is 3. The van der Waals surface area contributed by atoms with Crippen molar-refractivity contribution in [2.75, 3.05) is 0 Å². The highest BCUT2D eigenvalue weighted by Crippen LogP contribution is 2.31. The second-order valence-electron chi connectivity index (χ2n) is 5.94. The Hall–Kier alpha value is -1.87. The van der Waals surface area contributed by atoms with Crippen LogP contribution < -0.4 is 0 Å². The molecular formula is C17H20N2O. The predicted molar refractivity (Wildman–Crippen MR) is 82.2 cm³/mol. The van der Waals surface area contributed by atoms with E-state index in [9.17, 15) is 5.11 Å². The SMILES string of the molecule is CC1N=CC2=CCC(c3ccc(C(C)(C)O)cc3)=CN21. The Morgan fingerprint density at radius 3 is 2.60 bits per heavy atom. The maximum Gasteiger partial charge on any atom is 0.122 e. The van der Waals surface area contributed by atoms with E-state index in [4.69, 9.17) is 0 Å². The molecule has 3 rings (SSSR count). The van der Waals surface area contributed by atoms with Gasteiger partial charge in [0.25, 0.3) is 0 Å². The van der Waals surface area contributed by atoms with Crippen molar-refractivity contribution in [1.29, 1.82) is 0 Å². The van der Waals surface area contributed by atoms with Gasteiger partial charge in [-0.1, -0.05) is 30.3 Å². The van der Waals surface area contributed by atoms with E-state index in [1.54, 1.807) is 13.8 Å². The van der Waals surface area contributed by atoms with Gasteiger partial charge in [0.1, 0.15) is 6.17 Å². The quantitative estimate of drug-likeness (QED) is 0.893. The molecule has 0 aromatic heterocycles. The van der Waals surface area contributed by atoms with Crippen molar-refractivity contribution < 1.29 is 5.11 Å². The summed E-state index contributed by atoms with van der Waals surface area (Å²) < 4.78 is 0. The van der Waals surface area contributed by atoms with E-state index in [0.29, 0.717) is 0 Å². The Balaban J connectivity index is 1.86. The first-order chi connectivity index (χ1) is 9.45. The van der Waals surface area contributed by atoms with Crippen molar-refractivity contribution >= 4 is 11.8 Å². The van der Waals surface area contributed by atoms with E-state index in [-0.39, 0.29) is 6.17 Å². The molecule has 0 fully saturated rings. The van der Waals surface area contributed by atoms with Gasteiger partial charge >= 0.3 is 0 Å². The van der Waals surface area contributed by atoms with Crippen LogP contribution in [0.4, 0.5) is 0 Å². The number of fused-ring (bicyclic) bond motifs is 1. The number of nitrogens with zero attached hydrogens (tertiary/aromatic N) is 2. The van der Waals surface area contributed by atoms with Gasteiger partial charge in [0.15, 0.2) is 0 Å². The molecule has 3 heteroatoms. The van der Waals surface area contributed by atoms with E-state index in [0.717, 1.165) is 12.0 Å². The molecule has 0 aliphatic carbocycles. The molecule has 20 heavy (non-hydrogen) atoms. The molecule has 0 radical (unpaired) electrons. The first kappa shape index (κ1) is 13.1. The third-order valence-electron chi connectivity index (χ3n) is 3.91. The molecule has 2 heterocycles. The fraction of sp³-hybridized carbons (Fsp3) is 0.353. The molecular weight excluding hydrogens is 248 g/mol. The fourth-order valence-electron chi connectivity index (χ4n) is 2.60. The average Bonchev–Trinajstić information content (AvgIpc) is 2.79. The van der Waals surface area contributed by atoms with Gasteiger partial charge in [-0.05, 0) is 43.9 Å². The van der Waals surface area contributed by atoms with Crippen molar-refractivity contribution in [1.82, 2.24) is 4.90 Å². The highest BCUT2D eigenvalue weighted by atomic mass is 16.3. The molecule has 1 N–H and O–H groups in total. The second-order valence-corrected chi connectivity index (χ2v) is 5.94. The Bertz CT molecular complexity index is 603. The molecule has 0 spiro atoms. The third-order valence-corrected chi connectivity index (χ3v) is 3.91. The predicted octanol–water partition coefficient (Wildman–Crippen LogP) is 3.27. The smallest absolute Gasteiger partial charge is 0.122 e. The van der Waals surface area contributed by atoms with Gasteiger partial charge < -0.3 is 10.0 Å². The van der Waals surface area contributed by atoms with Crippen LogP contribution in [-0.4, -0.2) is 22.4 Å². The van der Waals surface area contributed by atoms with Gasteiger partial charge in [-0.15, -0.1) is 0 Å². The molecule has 1 aromatic carbocycles. The molecule has 2 aliphatic rings. The van der Waals surface area contributed by atoms with Gasteiger partial charge in [-0.25, -0.2) is 0 Å². The standard InChI is InChI=1S/C17H20N2O/c1-12-18-10-16-9-6-14(11-19(12)16)13-4-7-15(8-5-13)17(2,3)20/h4-5,7-12,20H,6H2,1-3H3. The molecule has 104 valence electrons. The Morgan fingerprint density at radius 2 is 1.95 bits per heavy atom. The number of rotatable bonds is 2. The molecule has 0 amide bonds. The summed E-state index contributed by atoms with van der Waals surface area (Å²) in [5.74, 6) is 0. The highest BCUT2D eigenvalue weighted by molar-refractivity contribution is 5.83. The van der Waals surface area contributed by atoms with Gasteiger partial charge in [0, 0.05) is 12.4 Å². The molecule has 2 aliphatic heterocycles. The summed E-state index contributed by atoms with van der Waals surface area (Å²) in [6.07, 6.45) is 7.45. The topological polar surface area (TPSA) is 35.8 Å². The number of aliphatic hydroxyl groups is 1. The summed E-state index contributed by atoms with van der Waals surface area (Å²) in [6.45, 7) is 5.70. The summed E-state index contributed by atoms with van der Waals surface area (Å²) in [7, 11) is 0. The third kappa shape index (κ3) is 2.29. The van der Waals surface area contributed by atoms with Crippen molar-refractivity contribution in [3.8, 4) is 0 Å². The minimum absolute atomic E-state index is 0.187. The van der Waals surface area contributed by atoms with Crippen LogP contribution in [0.1, 0.15) is 38.3 Å². The molecule has 0 bridgehead atoms. The Labute approximate surface area is 120 Å². The van der Waals surface area contributed by atoms with E-state index in [1.165, 1.54) is 16.8 Å². The molecule has 0 saturated carbocycles. The van der Waals surface area contributed by atoms with E-state index in [1.807, 2.05) is 18.3 Å². The Kier molecular flexibility index (Phi) is 3.02. The first-order valence-corrected chi connectivity index (χ1v) is 7.01. The molecule has 1 aromatic rings. The summed E-state index contributed by atoms with van der Waals surface area (Å²) in [5.41, 5.74) is 3.83. The number of allylic oxidation sites excluding steroid dienone is 3. The minimum Gasteiger partial charge on any atom is -0.386 e. The van der Waals surface area contributed by atoms with E-state index < -0.39 is 5.60 Å². The molecule has 3 nitrogen and oxygen atoms in total. The lowest BCUT2D eigenvalue weighted by molar-refractivity contribution is 0.0786. The van der Waals surface area contributed by atoms with Crippen LogP contribution >= 0.6 is 0 Å². The van der Waals surface area contributed by atoms with Crippen LogP contribution in [0.2, 0.25) is 0 Å². The number of hydrogen-bond donors (Lipinski definition) is 1. The molecule has 1 unspecified atom stereocenters. The van der Waals surface area contributed by atoms with Crippen LogP contribution in [0.3, 0.4) is 0 Å². The normalized spacial score (nSPS) is 21.6. The summed E-state index contributed by atoms with van der Waals surface area (Å²) in [6, 6.07) is 8.16. The van der Waals surface area contributed by atoms with E-state index >= 15 is 0 Å². The van der Waals surface area contributed by atoms with E-state index in [2.05, 4.69) is 41.2 Å². The van der Waals surface area contributed by atoms with Crippen molar-refractivity contribution in [3.05, 3.63) is 53.4 Å². The van der Waals surface area contributed by atoms with Crippen LogP contribution in [-0.2, 0) is 5.60 Å². The first-order valence-electron chi connectivity index (χ1n) is 7.01. The number of aliphatic imine (C=N–C) groups is 1. The lowest BCUT2D eigenvalue weighted by Gasteiger charge is -2.25. The van der Waals surface area contributed by atoms with Crippen LogP contribution in [0.5, 0.6) is 0 Å². The molecule has 1 atom stereocenters. The summed E-state index contributed by atoms with van der Waals surface area (Å²) in [5, 5.41) is 10.00. The minimum atomic E-state index is -0.788. The van der Waals surface area contributed by atoms with Gasteiger partial charge in [0.2, 0.25) is 0 Å². The van der Waals surface area contributed by atoms with Gasteiger partial charge in [-0.3, -0.25) is 4.99 Å². The van der Waals surface area contributed by atoms with Crippen LogP contribution in [0, 0.1) is 0 Å². The zero-order valence-electron chi connectivity index (χ0n) is 12.2. The lowest BCUT2D eigenvalue weighted by atomic mass is 9.94. The van der Waals surface area contributed by atoms with Gasteiger partial charge in [-0.2, -0.15) is 0 Å². The van der Waals surface area contributed by atoms with Crippen LogP contribution in [0.15, 0.2) is 47.2 Å². The summed E-state index contributed by atoms with van der Waals surface area (Å²) in [4.78, 5) is 6.61. The Morgan fingerprint density at radius 1 is 1.25 bits per heavy atom. The average molecular weight is 268 g/mol. The van der Waals surface area contributed by atoms with Gasteiger partial charge in [0.05, 0.1) is 11.3 Å². The fourth-order valence-corrected chi connectivity index (χ4v) is 2.60. The maximum atomic E-state index is 10.00. The molecule has 0 saturated heterocycles. The van der Waals surface area contributed by atoms with Crippen molar-refractivity contribution in [2.45, 2.75) is 39.0 Å². The van der Waals surface area contributed by atoms with Crippen molar-refractivity contribution in [2.24, 2.45) is 4.99 Å². The second kappa shape index (κ2) is 4.60. The van der Waals surface area contributed by atoms with Crippen LogP contribution in [0.25, 0.3) is 5.57 Å². The lowest BCUT2D eigenvalue weighted by Crippen LogP contribution is -2.22. The highest BCUT2D eigenvalue weighted by Gasteiger charge is 2.22. The monoisotopic (exact) mass is 268 g/mol. The summed E-state index contributed by atoms with van der Waals surface area (Å²) >= 11 is 0. The largest absolute Gasteiger partial charge is 0.386 e. The van der Waals surface area contributed by atoms with Crippen molar-refractivity contribution in [3.63, 3.8) is 0 Å².